The topological polar surface area (TPSA) is 110 Å². The molecule has 0 bridgehead atoms. The highest BCUT2D eigenvalue weighted by Gasteiger charge is 2.42. The summed E-state index contributed by atoms with van der Waals surface area (Å²) in [6.07, 6.45) is 1.60. The molecule has 0 fully saturated rings. The van der Waals surface area contributed by atoms with Crippen LogP contribution in [0.2, 0.25) is 0 Å². The van der Waals surface area contributed by atoms with Crippen molar-refractivity contribution in [1.29, 1.82) is 0 Å². The van der Waals surface area contributed by atoms with E-state index in [1.807, 2.05) is 0 Å². The van der Waals surface area contributed by atoms with Gasteiger partial charge in [-0.2, -0.15) is 0 Å². The Balaban J connectivity index is 2.12. The average molecular weight is 447 g/mol. The van der Waals surface area contributed by atoms with Crippen LogP contribution in [0.3, 0.4) is 0 Å². The van der Waals surface area contributed by atoms with Crippen LogP contribution in [0.5, 0.6) is 0 Å². The van der Waals surface area contributed by atoms with Gasteiger partial charge in [0.2, 0.25) is 0 Å². The molecule has 31 heavy (non-hydrogen) atoms. The molecule has 1 aliphatic heterocycles. The molecule has 1 aliphatic rings. The van der Waals surface area contributed by atoms with Gasteiger partial charge in [0, 0.05) is 11.6 Å². The van der Waals surface area contributed by atoms with Gasteiger partial charge in [0.1, 0.15) is 11.4 Å². The number of thiazole rings is 1. The zero-order chi connectivity index (χ0) is 22.8. The van der Waals surface area contributed by atoms with Gasteiger partial charge < -0.3 is 19.9 Å². The number of aromatic nitrogens is 1. The SMILES string of the molecule is COC(=O)C(C)(C)OCC1=C(C(=O)O)C(C)(c2ccc(F)cc2)N=C(c2nccs2)N1. The molecule has 0 saturated heterocycles. The number of carboxylic acids is 1. The number of methoxy groups -OCH3 is 1. The summed E-state index contributed by atoms with van der Waals surface area (Å²) in [5, 5.41) is 15.4. The van der Waals surface area contributed by atoms with E-state index in [1.165, 1.54) is 56.6 Å². The van der Waals surface area contributed by atoms with Crippen LogP contribution in [0.4, 0.5) is 4.39 Å². The molecule has 1 aromatic heterocycles. The van der Waals surface area contributed by atoms with Crippen molar-refractivity contribution in [3.05, 3.63) is 63.5 Å². The van der Waals surface area contributed by atoms with Crippen molar-refractivity contribution >= 4 is 29.1 Å². The Hall–Kier alpha value is -3.11. The Morgan fingerprint density at radius 3 is 2.52 bits per heavy atom. The molecule has 2 heterocycles. The third kappa shape index (κ3) is 4.49. The third-order valence-electron chi connectivity index (χ3n) is 4.90. The number of rotatable bonds is 7. The number of aliphatic imine (C=N–C) groups is 1. The number of ether oxygens (including phenoxy) is 2. The molecule has 164 valence electrons. The molecule has 10 heteroatoms. The summed E-state index contributed by atoms with van der Waals surface area (Å²) < 4.78 is 24.0. The predicted molar refractivity (Wildman–Crippen MR) is 112 cm³/mol. The second-order valence-corrected chi connectivity index (χ2v) is 8.35. The number of nitrogens with one attached hydrogen (secondary N) is 1. The van der Waals surface area contributed by atoms with Gasteiger partial charge >= 0.3 is 11.9 Å². The van der Waals surface area contributed by atoms with E-state index in [4.69, 9.17) is 9.47 Å². The van der Waals surface area contributed by atoms with E-state index in [2.05, 4.69) is 15.3 Å². The van der Waals surface area contributed by atoms with E-state index in [1.54, 1.807) is 18.5 Å². The highest BCUT2D eigenvalue weighted by Crippen LogP contribution is 2.38. The third-order valence-corrected chi connectivity index (χ3v) is 5.68. The van der Waals surface area contributed by atoms with Crippen LogP contribution in [0.25, 0.3) is 0 Å². The number of nitrogens with zero attached hydrogens (tertiary/aromatic N) is 2. The van der Waals surface area contributed by atoms with E-state index >= 15 is 0 Å². The summed E-state index contributed by atoms with van der Waals surface area (Å²) in [5.41, 5.74) is -2.07. The van der Waals surface area contributed by atoms with Crippen LogP contribution in [0.15, 0.2) is 52.1 Å². The maximum atomic E-state index is 13.5. The highest BCUT2D eigenvalue weighted by molar-refractivity contribution is 7.11. The lowest BCUT2D eigenvalue weighted by Crippen LogP contribution is -2.44. The summed E-state index contributed by atoms with van der Waals surface area (Å²) in [6, 6.07) is 5.47. The zero-order valence-electron chi connectivity index (χ0n) is 17.4. The second-order valence-electron chi connectivity index (χ2n) is 7.45. The highest BCUT2D eigenvalue weighted by atomic mass is 32.1. The van der Waals surface area contributed by atoms with Crippen LogP contribution < -0.4 is 5.32 Å². The standard InChI is InChI=1S/C21H22FN3O5S/c1-20(2,19(28)29-4)30-11-14-15(18(26)27)21(3,12-5-7-13(22)8-6-12)25-16(24-14)17-23-9-10-31-17/h5-10H,11H2,1-4H3,(H,24,25)(H,26,27). The lowest BCUT2D eigenvalue weighted by atomic mass is 9.82. The number of aliphatic carboxylic acids is 1. The molecule has 2 aromatic rings. The first kappa shape index (κ1) is 22.6. The van der Waals surface area contributed by atoms with E-state index < -0.39 is 28.9 Å². The molecule has 0 amide bonds. The van der Waals surface area contributed by atoms with Crippen LogP contribution in [0.1, 0.15) is 31.3 Å². The quantitative estimate of drug-likeness (QED) is 0.628. The Kier molecular flexibility index (Phi) is 6.23. The first-order valence-electron chi connectivity index (χ1n) is 9.30. The van der Waals surface area contributed by atoms with Gasteiger partial charge in [-0.1, -0.05) is 12.1 Å². The van der Waals surface area contributed by atoms with E-state index in [9.17, 15) is 19.1 Å². The van der Waals surface area contributed by atoms with Gasteiger partial charge in [-0.15, -0.1) is 11.3 Å². The minimum Gasteiger partial charge on any atom is -0.478 e. The fourth-order valence-electron chi connectivity index (χ4n) is 3.23. The first-order valence-corrected chi connectivity index (χ1v) is 10.2. The Labute approximate surface area is 182 Å². The van der Waals surface area contributed by atoms with Gasteiger partial charge in [-0.05, 0) is 38.5 Å². The fraction of sp³-hybridized carbons (Fsp3) is 0.333. The summed E-state index contributed by atoms with van der Waals surface area (Å²) in [5.74, 6) is -1.93. The lowest BCUT2D eigenvalue weighted by Gasteiger charge is -2.35. The normalized spacial score (nSPS) is 18.9. The van der Waals surface area contributed by atoms with Gasteiger partial charge in [0.25, 0.3) is 0 Å². The molecule has 3 rings (SSSR count). The van der Waals surface area contributed by atoms with Crippen molar-refractivity contribution in [3.63, 3.8) is 0 Å². The summed E-state index contributed by atoms with van der Waals surface area (Å²) in [4.78, 5) is 33.2. The molecule has 8 nitrogen and oxygen atoms in total. The molecule has 1 aromatic carbocycles. The van der Waals surface area contributed by atoms with E-state index in [0.29, 0.717) is 16.4 Å². The molecular formula is C21H22FN3O5S. The molecular weight excluding hydrogens is 425 g/mol. The predicted octanol–water partition coefficient (Wildman–Crippen LogP) is 2.85. The molecule has 0 aliphatic carbocycles. The average Bonchev–Trinajstić information content (AvgIpc) is 3.26. The Bertz CT molecular complexity index is 1050. The number of amidine groups is 1. The number of hydrogen-bond acceptors (Lipinski definition) is 8. The zero-order valence-corrected chi connectivity index (χ0v) is 18.2. The lowest BCUT2D eigenvalue weighted by molar-refractivity contribution is -0.164. The number of benzene rings is 1. The van der Waals surface area contributed by atoms with Crippen LogP contribution in [0, 0.1) is 5.82 Å². The number of esters is 1. The molecule has 1 unspecified atom stereocenters. The maximum Gasteiger partial charge on any atom is 0.337 e. The van der Waals surface area contributed by atoms with Crippen molar-refractivity contribution in [1.82, 2.24) is 10.3 Å². The first-order chi connectivity index (χ1) is 14.6. The van der Waals surface area contributed by atoms with Crippen molar-refractivity contribution in [2.45, 2.75) is 31.9 Å². The second kappa shape index (κ2) is 8.56. The molecule has 0 saturated carbocycles. The van der Waals surface area contributed by atoms with Gasteiger partial charge in [-0.25, -0.2) is 24.0 Å². The number of carbonyl (C=O) groups excluding carboxylic acids is 1. The summed E-state index contributed by atoms with van der Waals surface area (Å²) >= 11 is 1.32. The molecule has 1 atom stereocenters. The van der Waals surface area contributed by atoms with Crippen molar-refractivity contribution in [3.8, 4) is 0 Å². The molecule has 2 N–H and O–H groups in total. The maximum absolute atomic E-state index is 13.5. The van der Waals surface area contributed by atoms with Gasteiger partial charge in [0.05, 0.1) is 25.0 Å². The number of hydrogen-bond donors (Lipinski definition) is 2. The van der Waals surface area contributed by atoms with Crippen LogP contribution in [-0.2, 0) is 24.6 Å². The van der Waals surface area contributed by atoms with Crippen LogP contribution >= 0.6 is 11.3 Å². The number of halogens is 1. The molecule has 0 spiro atoms. The largest absolute Gasteiger partial charge is 0.478 e. The number of carboxylic acid groups (broad SMARTS) is 1. The Morgan fingerprint density at radius 2 is 1.97 bits per heavy atom. The Morgan fingerprint density at radius 1 is 1.29 bits per heavy atom. The van der Waals surface area contributed by atoms with Crippen molar-refractivity contribution in [2.24, 2.45) is 4.99 Å². The van der Waals surface area contributed by atoms with E-state index in [0.717, 1.165) is 0 Å². The minimum absolute atomic E-state index is 0.0833. The van der Waals surface area contributed by atoms with Crippen molar-refractivity contribution in [2.75, 3.05) is 13.7 Å². The van der Waals surface area contributed by atoms with Crippen molar-refractivity contribution < 1.29 is 28.6 Å². The van der Waals surface area contributed by atoms with Gasteiger partial charge in [-0.3, -0.25) is 0 Å². The van der Waals surface area contributed by atoms with Gasteiger partial charge in [0.15, 0.2) is 16.4 Å². The minimum atomic E-state index is -1.36. The van der Waals surface area contributed by atoms with E-state index in [-0.39, 0.29) is 17.9 Å². The number of carbonyl (C=O) groups is 2. The monoisotopic (exact) mass is 447 g/mol. The smallest absolute Gasteiger partial charge is 0.337 e. The summed E-state index contributed by atoms with van der Waals surface area (Å²) in [7, 11) is 1.24. The molecule has 0 radical (unpaired) electrons. The fourth-order valence-corrected chi connectivity index (χ4v) is 3.82. The summed E-state index contributed by atoms with van der Waals surface area (Å²) in [6.45, 7) is 4.45. The van der Waals surface area contributed by atoms with Crippen LogP contribution in [-0.4, -0.2) is 47.2 Å².